The van der Waals surface area contributed by atoms with E-state index in [-0.39, 0.29) is 17.7 Å². The molecule has 0 bridgehead atoms. The van der Waals surface area contributed by atoms with E-state index in [2.05, 4.69) is 10.4 Å². The van der Waals surface area contributed by atoms with Crippen molar-refractivity contribution < 1.29 is 13.2 Å². The standard InChI is InChI=1S/C16H25N3O3S/c1-16(2)11-12(8-10-23(16,21)22)17-15(20)14-7-9-19(18-14)13-5-3-4-6-13/h7,9,12-13H,3-6,8,10-11H2,1-2H3,(H,17,20). The van der Waals surface area contributed by atoms with Crippen LogP contribution in [-0.4, -0.2) is 40.6 Å². The van der Waals surface area contributed by atoms with E-state index in [9.17, 15) is 13.2 Å². The molecule has 1 aromatic rings. The van der Waals surface area contributed by atoms with E-state index in [0.29, 0.717) is 24.6 Å². The summed E-state index contributed by atoms with van der Waals surface area (Å²) < 4.78 is 25.2. The molecule has 0 spiro atoms. The van der Waals surface area contributed by atoms with Crippen LogP contribution in [0.2, 0.25) is 0 Å². The maximum absolute atomic E-state index is 12.4. The predicted molar refractivity (Wildman–Crippen MR) is 88.1 cm³/mol. The number of nitrogens with one attached hydrogen (secondary N) is 1. The monoisotopic (exact) mass is 339 g/mol. The number of rotatable bonds is 3. The molecule has 6 nitrogen and oxygen atoms in total. The summed E-state index contributed by atoms with van der Waals surface area (Å²) in [6.45, 7) is 3.46. The lowest BCUT2D eigenvalue weighted by molar-refractivity contribution is 0.0924. The third-order valence-electron chi connectivity index (χ3n) is 5.19. The minimum atomic E-state index is -3.07. The maximum Gasteiger partial charge on any atom is 0.271 e. The van der Waals surface area contributed by atoms with Crippen molar-refractivity contribution in [3.63, 3.8) is 0 Å². The third-order valence-corrected chi connectivity index (χ3v) is 7.81. The van der Waals surface area contributed by atoms with Crippen molar-refractivity contribution in [2.24, 2.45) is 0 Å². The topological polar surface area (TPSA) is 81.1 Å². The fraction of sp³-hybridized carbons (Fsp3) is 0.750. The Morgan fingerprint density at radius 2 is 2.00 bits per heavy atom. The average molecular weight is 339 g/mol. The quantitative estimate of drug-likeness (QED) is 0.914. The van der Waals surface area contributed by atoms with Gasteiger partial charge < -0.3 is 5.32 Å². The highest BCUT2D eigenvalue weighted by atomic mass is 32.2. The van der Waals surface area contributed by atoms with Crippen molar-refractivity contribution >= 4 is 15.7 Å². The van der Waals surface area contributed by atoms with Gasteiger partial charge in [-0.2, -0.15) is 5.10 Å². The van der Waals surface area contributed by atoms with Crippen molar-refractivity contribution in [2.75, 3.05) is 5.75 Å². The zero-order chi connectivity index (χ0) is 16.7. The average Bonchev–Trinajstić information content (AvgIpc) is 3.13. The Bertz CT molecular complexity index is 687. The van der Waals surface area contributed by atoms with Crippen molar-refractivity contribution in [1.29, 1.82) is 0 Å². The molecule has 2 fully saturated rings. The molecule has 1 aromatic heterocycles. The third kappa shape index (κ3) is 3.29. The van der Waals surface area contributed by atoms with Crippen molar-refractivity contribution in [3.05, 3.63) is 18.0 Å². The molecule has 1 aliphatic heterocycles. The molecule has 0 radical (unpaired) electrons. The number of hydrogen-bond donors (Lipinski definition) is 1. The Kier molecular flexibility index (Phi) is 4.25. The molecule has 1 amide bonds. The molecule has 128 valence electrons. The Labute approximate surface area is 137 Å². The van der Waals surface area contributed by atoms with Crippen LogP contribution in [0.1, 0.15) is 68.9 Å². The summed E-state index contributed by atoms with van der Waals surface area (Å²) in [6, 6.07) is 2.05. The van der Waals surface area contributed by atoms with Crippen LogP contribution in [0, 0.1) is 0 Å². The fourth-order valence-corrected chi connectivity index (χ4v) is 5.21. The molecule has 1 saturated heterocycles. The van der Waals surface area contributed by atoms with Crippen LogP contribution in [0.15, 0.2) is 12.3 Å². The van der Waals surface area contributed by atoms with E-state index in [1.807, 2.05) is 10.9 Å². The zero-order valence-electron chi connectivity index (χ0n) is 13.8. The number of nitrogens with zero attached hydrogens (tertiary/aromatic N) is 2. The molecule has 1 saturated carbocycles. The molecule has 1 atom stereocenters. The first-order chi connectivity index (χ1) is 10.8. The van der Waals surface area contributed by atoms with Crippen LogP contribution in [0.4, 0.5) is 0 Å². The van der Waals surface area contributed by atoms with Crippen LogP contribution in [-0.2, 0) is 9.84 Å². The largest absolute Gasteiger partial charge is 0.348 e. The minimum Gasteiger partial charge on any atom is -0.348 e. The molecule has 7 heteroatoms. The first-order valence-electron chi connectivity index (χ1n) is 8.37. The molecule has 2 aliphatic rings. The van der Waals surface area contributed by atoms with Gasteiger partial charge in [0, 0.05) is 12.2 Å². The zero-order valence-corrected chi connectivity index (χ0v) is 14.6. The van der Waals surface area contributed by atoms with Crippen molar-refractivity contribution in [2.45, 2.75) is 69.2 Å². The molecule has 1 unspecified atom stereocenters. The van der Waals surface area contributed by atoms with Gasteiger partial charge >= 0.3 is 0 Å². The van der Waals surface area contributed by atoms with Crippen molar-refractivity contribution in [3.8, 4) is 0 Å². The van der Waals surface area contributed by atoms with E-state index in [4.69, 9.17) is 0 Å². The summed E-state index contributed by atoms with van der Waals surface area (Å²) in [5.74, 6) is -0.0802. The van der Waals surface area contributed by atoms with Gasteiger partial charge in [0.2, 0.25) is 0 Å². The fourth-order valence-electron chi connectivity index (χ4n) is 3.61. The molecular formula is C16H25N3O3S. The molecular weight excluding hydrogens is 314 g/mol. The van der Waals surface area contributed by atoms with Gasteiger partial charge in [0.15, 0.2) is 9.84 Å². The first kappa shape index (κ1) is 16.5. The van der Waals surface area contributed by atoms with Gasteiger partial charge in [0.05, 0.1) is 16.5 Å². The van der Waals surface area contributed by atoms with E-state index in [1.165, 1.54) is 12.8 Å². The lowest BCUT2D eigenvalue weighted by Crippen LogP contribution is -2.49. The van der Waals surface area contributed by atoms with Crippen LogP contribution in [0.5, 0.6) is 0 Å². The molecule has 1 N–H and O–H groups in total. The van der Waals surface area contributed by atoms with E-state index >= 15 is 0 Å². The number of amides is 1. The van der Waals surface area contributed by atoms with Gasteiger partial charge in [-0.05, 0) is 45.6 Å². The Balaban J connectivity index is 1.63. The second-order valence-corrected chi connectivity index (χ2v) is 10.1. The number of carbonyl (C=O) groups is 1. The Morgan fingerprint density at radius 3 is 2.65 bits per heavy atom. The second kappa shape index (κ2) is 5.92. The predicted octanol–water partition coefficient (Wildman–Crippen LogP) is 2.08. The Hall–Kier alpha value is -1.37. The number of carbonyl (C=O) groups excluding carboxylic acids is 1. The van der Waals surface area contributed by atoms with Crippen molar-refractivity contribution in [1.82, 2.24) is 15.1 Å². The lowest BCUT2D eigenvalue weighted by Gasteiger charge is -2.35. The Morgan fingerprint density at radius 1 is 1.30 bits per heavy atom. The summed E-state index contributed by atoms with van der Waals surface area (Å²) in [4.78, 5) is 12.4. The number of sulfone groups is 1. The molecule has 3 rings (SSSR count). The summed E-state index contributed by atoms with van der Waals surface area (Å²) in [7, 11) is -3.07. The smallest absolute Gasteiger partial charge is 0.271 e. The lowest BCUT2D eigenvalue weighted by atomic mass is 10.00. The van der Waals surface area contributed by atoms with E-state index in [1.54, 1.807) is 19.9 Å². The molecule has 2 heterocycles. The second-order valence-electron chi connectivity index (χ2n) is 7.36. The van der Waals surface area contributed by atoms with Gasteiger partial charge in [-0.1, -0.05) is 12.8 Å². The summed E-state index contributed by atoms with van der Waals surface area (Å²) in [5, 5.41) is 7.36. The highest BCUT2D eigenvalue weighted by molar-refractivity contribution is 7.92. The molecule has 0 aromatic carbocycles. The number of hydrogen-bond acceptors (Lipinski definition) is 4. The van der Waals surface area contributed by atoms with Crippen LogP contribution in [0.3, 0.4) is 0 Å². The van der Waals surface area contributed by atoms with Gasteiger partial charge in [0.1, 0.15) is 5.69 Å². The van der Waals surface area contributed by atoms with Gasteiger partial charge in [-0.15, -0.1) is 0 Å². The molecule has 1 aliphatic carbocycles. The van der Waals surface area contributed by atoms with Gasteiger partial charge in [-0.25, -0.2) is 8.42 Å². The van der Waals surface area contributed by atoms with E-state index in [0.717, 1.165) is 12.8 Å². The highest BCUT2D eigenvalue weighted by Gasteiger charge is 2.41. The summed E-state index contributed by atoms with van der Waals surface area (Å²) in [6.07, 6.45) is 7.48. The number of aromatic nitrogens is 2. The maximum atomic E-state index is 12.4. The minimum absolute atomic E-state index is 0.113. The van der Waals surface area contributed by atoms with Gasteiger partial charge in [0.25, 0.3) is 5.91 Å². The first-order valence-corrected chi connectivity index (χ1v) is 10.0. The molecule has 23 heavy (non-hydrogen) atoms. The normalized spacial score (nSPS) is 27.0. The SMILES string of the molecule is CC1(C)CC(NC(=O)c2ccn(C3CCCC3)n2)CCS1(=O)=O. The van der Waals surface area contributed by atoms with Crippen LogP contribution >= 0.6 is 0 Å². The van der Waals surface area contributed by atoms with Crippen LogP contribution in [0.25, 0.3) is 0 Å². The summed E-state index contributed by atoms with van der Waals surface area (Å²) in [5.41, 5.74) is 0.420. The van der Waals surface area contributed by atoms with Crippen LogP contribution < -0.4 is 5.32 Å². The van der Waals surface area contributed by atoms with Gasteiger partial charge in [-0.3, -0.25) is 9.48 Å². The van der Waals surface area contributed by atoms with E-state index < -0.39 is 14.6 Å². The highest BCUT2D eigenvalue weighted by Crippen LogP contribution is 2.31. The summed E-state index contributed by atoms with van der Waals surface area (Å²) >= 11 is 0.